The minimum absolute atomic E-state index is 0.107. The van der Waals surface area contributed by atoms with Gasteiger partial charge in [-0.25, -0.2) is 4.98 Å². The lowest BCUT2D eigenvalue weighted by Gasteiger charge is -2.14. The molecule has 0 saturated carbocycles. The number of hydrogen-bond donors (Lipinski definition) is 2. The van der Waals surface area contributed by atoms with E-state index in [0.29, 0.717) is 29.4 Å². The van der Waals surface area contributed by atoms with E-state index in [2.05, 4.69) is 17.0 Å². The van der Waals surface area contributed by atoms with Gasteiger partial charge in [0, 0.05) is 16.0 Å². The lowest BCUT2D eigenvalue weighted by molar-refractivity contribution is -0.894. The fourth-order valence-corrected chi connectivity index (χ4v) is 4.25. The third-order valence-corrected chi connectivity index (χ3v) is 5.78. The predicted molar refractivity (Wildman–Crippen MR) is 118 cm³/mol. The molecule has 0 radical (unpaired) electrons. The Kier molecular flexibility index (Phi) is 5.94. The maximum Gasteiger partial charge on any atom is 0.260 e. The number of aromatic amines is 1. The molecule has 148 valence electrons. The number of hydrogen-bond acceptors (Lipinski definition) is 4. The molecule has 4 aromatic rings. The van der Waals surface area contributed by atoms with E-state index < -0.39 is 0 Å². The van der Waals surface area contributed by atoms with E-state index in [4.69, 9.17) is 16.3 Å². The van der Waals surface area contributed by atoms with Gasteiger partial charge in [0.25, 0.3) is 5.56 Å². The van der Waals surface area contributed by atoms with Crippen LogP contribution in [0.2, 0.25) is 5.02 Å². The minimum Gasteiger partial charge on any atom is -0.488 e. The highest BCUT2D eigenvalue weighted by Crippen LogP contribution is 2.31. The van der Waals surface area contributed by atoms with Crippen molar-refractivity contribution >= 4 is 33.2 Å². The first-order chi connectivity index (χ1) is 14.1. The van der Waals surface area contributed by atoms with Crippen LogP contribution in [0.3, 0.4) is 0 Å². The van der Waals surface area contributed by atoms with E-state index in [9.17, 15) is 4.79 Å². The zero-order valence-corrected chi connectivity index (χ0v) is 17.5. The number of halogens is 1. The molecule has 0 bridgehead atoms. The van der Waals surface area contributed by atoms with Crippen LogP contribution < -0.4 is 15.2 Å². The smallest absolute Gasteiger partial charge is 0.260 e. The van der Waals surface area contributed by atoms with Crippen LogP contribution >= 0.6 is 22.9 Å². The molecule has 2 aromatic carbocycles. The number of nitrogens with zero attached hydrogens (tertiary/aromatic N) is 1. The first-order valence-corrected chi connectivity index (χ1v) is 10.6. The number of para-hydroxylation sites is 1. The van der Waals surface area contributed by atoms with Gasteiger partial charge in [0.1, 0.15) is 30.3 Å². The molecule has 1 unspecified atom stereocenters. The fourth-order valence-electron chi connectivity index (χ4n) is 3.15. The number of likely N-dealkylation sites (N-methyl/N-ethyl adjacent to an activating group) is 1. The number of ether oxygens (including phenoxy) is 1. The second-order valence-corrected chi connectivity index (χ2v) is 8.19. The summed E-state index contributed by atoms with van der Waals surface area (Å²) in [6, 6.07) is 17.2. The van der Waals surface area contributed by atoms with Gasteiger partial charge in [0.15, 0.2) is 5.82 Å². The summed E-state index contributed by atoms with van der Waals surface area (Å²) in [4.78, 5) is 22.3. The fraction of sp³-hybridized carbons (Fsp3) is 0.182. The van der Waals surface area contributed by atoms with Crippen LogP contribution in [0.15, 0.2) is 64.8 Å². The van der Waals surface area contributed by atoms with Crippen molar-refractivity contribution in [3.63, 3.8) is 0 Å². The molecule has 0 amide bonds. The van der Waals surface area contributed by atoms with Gasteiger partial charge in [0.05, 0.1) is 12.4 Å². The molecule has 2 aromatic heterocycles. The van der Waals surface area contributed by atoms with Gasteiger partial charge in [-0.05, 0) is 29.8 Å². The third kappa shape index (κ3) is 4.67. The van der Waals surface area contributed by atoms with E-state index >= 15 is 0 Å². The van der Waals surface area contributed by atoms with Crippen molar-refractivity contribution in [3.05, 3.63) is 81.2 Å². The monoisotopic (exact) mass is 426 g/mol. The number of quaternary nitrogens is 1. The van der Waals surface area contributed by atoms with E-state index in [1.807, 2.05) is 60.0 Å². The number of H-pyrrole nitrogens is 1. The lowest BCUT2D eigenvalue weighted by Crippen LogP contribution is -3.08. The first-order valence-electron chi connectivity index (χ1n) is 9.35. The summed E-state index contributed by atoms with van der Waals surface area (Å²) in [5.41, 5.74) is 1.74. The molecular weight excluding hydrogens is 406 g/mol. The molecule has 29 heavy (non-hydrogen) atoms. The SMILES string of the molecule is C[NH+](CCOc1ccccc1)Cc1nc2scc(-c3ccc(Cl)cc3)c2c(=O)[nH]1. The lowest BCUT2D eigenvalue weighted by atomic mass is 10.1. The molecule has 2 heterocycles. The molecule has 4 rings (SSSR count). The maximum atomic E-state index is 12.8. The van der Waals surface area contributed by atoms with E-state index in [1.54, 1.807) is 0 Å². The number of rotatable bonds is 7. The van der Waals surface area contributed by atoms with Gasteiger partial charge in [-0.3, -0.25) is 4.79 Å². The average molecular weight is 427 g/mol. The summed E-state index contributed by atoms with van der Waals surface area (Å²) in [7, 11) is 2.06. The van der Waals surface area contributed by atoms with Crippen molar-refractivity contribution in [3.8, 4) is 16.9 Å². The topological polar surface area (TPSA) is 59.4 Å². The maximum absolute atomic E-state index is 12.8. The highest BCUT2D eigenvalue weighted by molar-refractivity contribution is 7.17. The van der Waals surface area contributed by atoms with Gasteiger partial charge < -0.3 is 14.6 Å². The minimum atomic E-state index is -0.107. The molecule has 0 aliphatic carbocycles. The largest absolute Gasteiger partial charge is 0.488 e. The molecule has 7 heteroatoms. The molecule has 0 aliphatic rings. The van der Waals surface area contributed by atoms with Crippen LogP contribution in [0.5, 0.6) is 5.75 Å². The summed E-state index contributed by atoms with van der Waals surface area (Å²) in [6.45, 7) is 2.02. The van der Waals surface area contributed by atoms with Crippen LogP contribution in [0.25, 0.3) is 21.3 Å². The molecule has 1 atom stereocenters. The van der Waals surface area contributed by atoms with Crippen molar-refractivity contribution in [2.75, 3.05) is 20.2 Å². The van der Waals surface area contributed by atoms with Crippen LogP contribution in [0.4, 0.5) is 0 Å². The molecule has 0 saturated heterocycles. The number of nitrogens with one attached hydrogen (secondary N) is 2. The normalized spacial score (nSPS) is 12.2. The molecule has 0 spiro atoms. The highest BCUT2D eigenvalue weighted by atomic mass is 35.5. The van der Waals surface area contributed by atoms with Crippen molar-refractivity contribution in [2.45, 2.75) is 6.54 Å². The standard InChI is InChI=1S/C22H20ClN3O2S/c1-26(11-12-28-17-5-3-2-4-6-17)13-19-24-21(27)20-18(14-29-22(20)25-19)15-7-9-16(23)10-8-15/h2-10,14H,11-13H2,1H3,(H,24,25,27)/p+1. The second-order valence-electron chi connectivity index (χ2n) is 6.89. The quantitative estimate of drug-likeness (QED) is 0.476. The van der Waals surface area contributed by atoms with E-state index in [1.165, 1.54) is 16.2 Å². The Morgan fingerprint density at radius 3 is 2.66 bits per heavy atom. The average Bonchev–Trinajstić information content (AvgIpc) is 3.14. The Bertz CT molecular complexity index is 1160. The molecule has 0 fully saturated rings. The highest BCUT2D eigenvalue weighted by Gasteiger charge is 2.15. The van der Waals surface area contributed by atoms with Crippen LogP contribution in [-0.2, 0) is 6.54 Å². The molecular formula is C22H21ClN3O2S+. The van der Waals surface area contributed by atoms with Crippen LogP contribution in [0, 0.1) is 0 Å². The molecule has 2 N–H and O–H groups in total. The predicted octanol–water partition coefficient (Wildman–Crippen LogP) is 3.40. The van der Waals surface area contributed by atoms with Crippen LogP contribution in [0.1, 0.15) is 5.82 Å². The first kappa shape index (κ1) is 19.6. The summed E-state index contributed by atoms with van der Waals surface area (Å²) in [5, 5.41) is 3.28. The van der Waals surface area contributed by atoms with Crippen LogP contribution in [-0.4, -0.2) is 30.2 Å². The summed E-state index contributed by atoms with van der Waals surface area (Å²) in [6.07, 6.45) is 0. The Labute approximate surface area is 177 Å². The summed E-state index contributed by atoms with van der Waals surface area (Å²) >= 11 is 7.46. The molecule has 0 aliphatic heterocycles. The zero-order valence-electron chi connectivity index (χ0n) is 15.9. The third-order valence-electron chi connectivity index (χ3n) is 4.66. The van der Waals surface area contributed by atoms with Crippen molar-refractivity contribution in [2.24, 2.45) is 0 Å². The Morgan fingerprint density at radius 2 is 1.90 bits per heavy atom. The van der Waals surface area contributed by atoms with E-state index in [-0.39, 0.29) is 5.56 Å². The van der Waals surface area contributed by atoms with Gasteiger partial charge >= 0.3 is 0 Å². The zero-order chi connectivity index (χ0) is 20.2. The van der Waals surface area contributed by atoms with Crippen molar-refractivity contribution < 1.29 is 9.64 Å². The second kappa shape index (κ2) is 8.78. The van der Waals surface area contributed by atoms with Gasteiger partial charge in [-0.2, -0.15) is 0 Å². The molecule has 5 nitrogen and oxygen atoms in total. The Hall–Kier alpha value is -2.67. The van der Waals surface area contributed by atoms with Crippen molar-refractivity contribution in [1.82, 2.24) is 9.97 Å². The van der Waals surface area contributed by atoms with Gasteiger partial charge in [-0.15, -0.1) is 11.3 Å². The number of thiophene rings is 1. The summed E-state index contributed by atoms with van der Waals surface area (Å²) < 4.78 is 5.75. The number of aromatic nitrogens is 2. The Morgan fingerprint density at radius 1 is 1.14 bits per heavy atom. The van der Waals surface area contributed by atoms with Crippen molar-refractivity contribution in [1.29, 1.82) is 0 Å². The van der Waals surface area contributed by atoms with Gasteiger partial charge in [0.2, 0.25) is 0 Å². The van der Waals surface area contributed by atoms with E-state index in [0.717, 1.165) is 28.3 Å². The van der Waals surface area contributed by atoms with Gasteiger partial charge in [-0.1, -0.05) is 41.9 Å². The summed E-state index contributed by atoms with van der Waals surface area (Å²) in [5.74, 6) is 1.55. The number of benzene rings is 2. The number of fused-ring (bicyclic) bond motifs is 1. The Balaban J connectivity index is 1.46.